The molecule has 1 aliphatic rings. The van der Waals surface area contributed by atoms with Crippen LogP contribution in [0.5, 0.6) is 0 Å². The molecule has 0 amide bonds. The minimum absolute atomic E-state index is 0.0525. The lowest BCUT2D eigenvalue weighted by molar-refractivity contribution is -0.115. The van der Waals surface area contributed by atoms with Gasteiger partial charge in [-0.3, -0.25) is 9.59 Å². The van der Waals surface area contributed by atoms with Crippen LogP contribution in [0.4, 0.5) is 0 Å². The normalized spacial score (nSPS) is 17.0. The predicted octanol–water partition coefficient (Wildman–Crippen LogP) is 3.00. The van der Waals surface area contributed by atoms with Crippen molar-refractivity contribution in [2.45, 2.75) is 34.1 Å². The first kappa shape index (κ1) is 12.6. The number of carbonyl (C=O) groups is 2. The van der Waals surface area contributed by atoms with Crippen LogP contribution in [-0.4, -0.2) is 11.6 Å². The lowest BCUT2D eigenvalue weighted by Gasteiger charge is -2.23. The highest BCUT2D eigenvalue weighted by Gasteiger charge is 2.28. The summed E-state index contributed by atoms with van der Waals surface area (Å²) in [6, 6.07) is 0. The molecule has 0 bridgehead atoms. The quantitative estimate of drug-likeness (QED) is 0.527. The molecule has 0 atom stereocenters. The first-order chi connectivity index (χ1) is 7.21. The van der Waals surface area contributed by atoms with Crippen LogP contribution in [0.25, 0.3) is 0 Å². The molecule has 1 rings (SSSR count). The Bertz CT molecular complexity index is 415. The van der Waals surface area contributed by atoms with Crippen LogP contribution < -0.4 is 0 Å². The zero-order chi connectivity index (χ0) is 12.5. The van der Waals surface area contributed by atoms with Crippen molar-refractivity contribution in [1.82, 2.24) is 0 Å². The molecule has 0 heterocycles. The van der Waals surface area contributed by atoms with Gasteiger partial charge in [0.05, 0.1) is 0 Å². The molecule has 1 aliphatic carbocycles. The van der Waals surface area contributed by atoms with E-state index in [1.165, 1.54) is 12.2 Å². The van der Waals surface area contributed by atoms with Crippen molar-refractivity contribution >= 4 is 11.6 Å². The van der Waals surface area contributed by atoms with Crippen molar-refractivity contribution in [1.29, 1.82) is 0 Å². The van der Waals surface area contributed by atoms with Crippen LogP contribution in [0.2, 0.25) is 0 Å². The molecule has 0 aromatic heterocycles. The summed E-state index contributed by atoms with van der Waals surface area (Å²) < 4.78 is 0. The van der Waals surface area contributed by atoms with E-state index in [0.29, 0.717) is 17.6 Å². The van der Waals surface area contributed by atoms with E-state index in [9.17, 15) is 9.59 Å². The molecule has 86 valence electrons. The molecule has 0 fully saturated rings. The number of carbonyl (C=O) groups excluding carboxylic acids is 2. The van der Waals surface area contributed by atoms with Gasteiger partial charge in [-0.1, -0.05) is 32.9 Å². The van der Waals surface area contributed by atoms with Crippen molar-refractivity contribution in [3.8, 4) is 0 Å². The van der Waals surface area contributed by atoms with Crippen LogP contribution in [-0.2, 0) is 9.59 Å². The maximum atomic E-state index is 11.9. The molecule has 0 radical (unpaired) electrons. The number of hydrogen-bond acceptors (Lipinski definition) is 2. The fourth-order valence-electron chi connectivity index (χ4n) is 1.65. The molecule has 0 saturated heterocycles. The zero-order valence-electron chi connectivity index (χ0n) is 10.4. The molecule has 0 spiro atoms. The molecule has 0 unspecified atom stereocenters. The van der Waals surface area contributed by atoms with Crippen molar-refractivity contribution < 1.29 is 9.59 Å². The van der Waals surface area contributed by atoms with Gasteiger partial charge in [-0.15, -0.1) is 0 Å². The van der Waals surface area contributed by atoms with Gasteiger partial charge in [0.25, 0.3) is 0 Å². The fraction of sp³-hybridized carbons (Fsp3) is 0.429. The highest BCUT2D eigenvalue weighted by molar-refractivity contribution is 6.20. The van der Waals surface area contributed by atoms with Crippen molar-refractivity contribution in [3.05, 3.63) is 35.5 Å². The third-order valence-electron chi connectivity index (χ3n) is 2.46. The zero-order valence-corrected chi connectivity index (χ0v) is 10.4. The molecule has 0 aliphatic heterocycles. The molecule has 0 saturated carbocycles. The Kier molecular flexibility index (Phi) is 3.32. The summed E-state index contributed by atoms with van der Waals surface area (Å²) in [6.07, 6.45) is 3.41. The number of rotatable bonds is 2. The Balaban J connectivity index is 3.02. The van der Waals surface area contributed by atoms with Gasteiger partial charge in [-0.25, -0.2) is 0 Å². The Morgan fingerprint density at radius 1 is 1.19 bits per heavy atom. The van der Waals surface area contributed by atoms with Crippen LogP contribution >= 0.6 is 0 Å². The Hall–Kier alpha value is -1.44. The largest absolute Gasteiger partial charge is 0.290 e. The fourth-order valence-corrected chi connectivity index (χ4v) is 1.65. The smallest absolute Gasteiger partial charge is 0.182 e. The van der Waals surface area contributed by atoms with E-state index >= 15 is 0 Å². The summed E-state index contributed by atoms with van der Waals surface area (Å²) in [6.45, 7) is 11.4. The second-order valence-electron chi connectivity index (χ2n) is 5.34. The van der Waals surface area contributed by atoms with E-state index in [4.69, 9.17) is 0 Å². The number of ketones is 2. The minimum atomic E-state index is -0.280. The Morgan fingerprint density at radius 2 is 1.75 bits per heavy atom. The highest BCUT2D eigenvalue weighted by atomic mass is 16.1. The monoisotopic (exact) mass is 218 g/mol. The molecular formula is C14H18O2. The predicted molar refractivity (Wildman–Crippen MR) is 65.1 cm³/mol. The minimum Gasteiger partial charge on any atom is -0.290 e. The Morgan fingerprint density at radius 3 is 2.19 bits per heavy atom. The second kappa shape index (κ2) is 4.20. The summed E-state index contributed by atoms with van der Waals surface area (Å²) in [5.41, 5.74) is 1.74. The SMILES string of the molecule is C=C(C)CC1=CC(=O)C(C(C)(C)C)=CC1=O. The first-order valence-electron chi connectivity index (χ1n) is 5.37. The average molecular weight is 218 g/mol. The van der Waals surface area contributed by atoms with E-state index in [-0.39, 0.29) is 17.0 Å². The van der Waals surface area contributed by atoms with Crippen molar-refractivity contribution in [3.63, 3.8) is 0 Å². The number of hydrogen-bond donors (Lipinski definition) is 0. The van der Waals surface area contributed by atoms with Gasteiger partial charge in [-0.05, 0) is 30.9 Å². The van der Waals surface area contributed by atoms with E-state index in [0.717, 1.165) is 5.57 Å². The lowest BCUT2D eigenvalue weighted by atomic mass is 9.79. The van der Waals surface area contributed by atoms with Gasteiger partial charge in [0.15, 0.2) is 11.6 Å². The third kappa shape index (κ3) is 2.78. The van der Waals surface area contributed by atoms with Gasteiger partial charge in [0.1, 0.15) is 0 Å². The van der Waals surface area contributed by atoms with E-state index in [2.05, 4.69) is 6.58 Å². The highest BCUT2D eigenvalue weighted by Crippen LogP contribution is 2.30. The van der Waals surface area contributed by atoms with Gasteiger partial charge in [-0.2, -0.15) is 0 Å². The molecule has 2 heteroatoms. The van der Waals surface area contributed by atoms with Crippen LogP contribution in [0.1, 0.15) is 34.1 Å². The summed E-state index contributed by atoms with van der Waals surface area (Å²) >= 11 is 0. The molecule has 0 N–H and O–H groups in total. The lowest BCUT2D eigenvalue weighted by Crippen LogP contribution is -2.22. The van der Waals surface area contributed by atoms with Gasteiger partial charge in [0.2, 0.25) is 0 Å². The van der Waals surface area contributed by atoms with Crippen molar-refractivity contribution in [2.24, 2.45) is 5.41 Å². The summed E-state index contributed by atoms with van der Waals surface area (Å²) in [7, 11) is 0. The van der Waals surface area contributed by atoms with Gasteiger partial charge < -0.3 is 0 Å². The van der Waals surface area contributed by atoms with Crippen molar-refractivity contribution in [2.75, 3.05) is 0 Å². The van der Waals surface area contributed by atoms with Crippen LogP contribution in [0, 0.1) is 5.41 Å². The first-order valence-corrected chi connectivity index (χ1v) is 5.37. The maximum absolute atomic E-state index is 11.9. The summed E-state index contributed by atoms with van der Waals surface area (Å²) in [5, 5.41) is 0. The van der Waals surface area contributed by atoms with Crippen LogP contribution in [0.3, 0.4) is 0 Å². The molecule has 0 aromatic rings. The summed E-state index contributed by atoms with van der Waals surface area (Å²) in [4.78, 5) is 23.6. The topological polar surface area (TPSA) is 34.1 Å². The Labute approximate surface area is 96.7 Å². The summed E-state index contributed by atoms with van der Waals surface area (Å²) in [5.74, 6) is -0.115. The average Bonchev–Trinajstić information content (AvgIpc) is 2.07. The van der Waals surface area contributed by atoms with Gasteiger partial charge in [0, 0.05) is 11.1 Å². The second-order valence-corrected chi connectivity index (χ2v) is 5.34. The molecule has 0 aromatic carbocycles. The van der Waals surface area contributed by atoms with E-state index in [1.807, 2.05) is 27.7 Å². The molecule has 2 nitrogen and oxygen atoms in total. The maximum Gasteiger partial charge on any atom is 0.182 e. The number of allylic oxidation sites excluding steroid dienone is 5. The standard InChI is InChI=1S/C14H18O2/c1-9(2)6-10-7-13(16)11(8-12(10)15)14(3,4)5/h7-8H,1,6H2,2-5H3. The molecule has 16 heavy (non-hydrogen) atoms. The van der Waals surface area contributed by atoms with Gasteiger partial charge >= 0.3 is 0 Å². The van der Waals surface area contributed by atoms with Crippen LogP contribution in [0.15, 0.2) is 35.5 Å². The third-order valence-corrected chi connectivity index (χ3v) is 2.46. The molecular weight excluding hydrogens is 200 g/mol. The van der Waals surface area contributed by atoms with E-state index < -0.39 is 0 Å². The van der Waals surface area contributed by atoms with E-state index in [1.54, 1.807) is 0 Å².